The molecule has 0 atom stereocenters. The summed E-state index contributed by atoms with van der Waals surface area (Å²) in [6.07, 6.45) is 0. The zero-order valence-electron chi connectivity index (χ0n) is 9.84. The number of benzene rings is 1. The number of hydrogen-bond donors (Lipinski definition) is 0. The molecule has 0 saturated carbocycles. The van der Waals surface area contributed by atoms with E-state index in [0.717, 1.165) is 10.1 Å². The Morgan fingerprint density at radius 2 is 2.00 bits per heavy atom. The number of fused-ring (bicyclic) bond motifs is 1. The van der Waals surface area contributed by atoms with Crippen molar-refractivity contribution in [2.45, 2.75) is 6.92 Å². The summed E-state index contributed by atoms with van der Waals surface area (Å²) in [6.45, 7) is 1.87. The topological polar surface area (TPSA) is 65.3 Å². The molecular weight excluding hydrogens is 314 g/mol. The highest BCUT2D eigenvalue weighted by Gasteiger charge is 2.20. The molecular formula is C13H8BrNO4. The van der Waals surface area contributed by atoms with Crippen molar-refractivity contribution in [2.75, 3.05) is 0 Å². The number of nitrogens with zero attached hydrogens (tertiary/aromatic N) is 1. The minimum atomic E-state index is -0.724. The number of oxazole rings is 1. The van der Waals surface area contributed by atoms with Gasteiger partial charge in [0.05, 0.1) is 5.52 Å². The van der Waals surface area contributed by atoms with E-state index in [4.69, 9.17) is 8.83 Å². The lowest BCUT2D eigenvalue weighted by atomic mass is 10.2. The number of carbonyl (C=O) groups is 1. The first kappa shape index (κ1) is 12.0. The molecule has 3 aromatic rings. The van der Waals surface area contributed by atoms with Gasteiger partial charge in [-0.2, -0.15) is 0 Å². The Bertz CT molecular complexity index is 840. The van der Waals surface area contributed by atoms with Gasteiger partial charge in [0, 0.05) is 0 Å². The molecule has 1 aromatic carbocycles. The molecule has 0 saturated heterocycles. The summed E-state index contributed by atoms with van der Waals surface area (Å²) in [4.78, 5) is 24.0. The fourth-order valence-electron chi connectivity index (χ4n) is 1.86. The van der Waals surface area contributed by atoms with E-state index in [-0.39, 0.29) is 5.76 Å². The van der Waals surface area contributed by atoms with Crippen molar-refractivity contribution in [2.24, 2.45) is 0 Å². The van der Waals surface area contributed by atoms with Crippen LogP contribution in [0.4, 0.5) is 0 Å². The molecule has 0 radical (unpaired) electrons. The van der Waals surface area contributed by atoms with Gasteiger partial charge in [-0.05, 0) is 52.7 Å². The zero-order chi connectivity index (χ0) is 13.6. The third kappa shape index (κ3) is 1.94. The molecule has 0 aliphatic rings. The average Bonchev–Trinajstić information content (AvgIpc) is 2.91. The lowest BCUT2D eigenvalue weighted by molar-refractivity contribution is 0.0927. The first-order valence-corrected chi connectivity index (χ1v) is 6.28. The summed E-state index contributed by atoms with van der Waals surface area (Å²) >= 11 is 3.11. The quantitative estimate of drug-likeness (QED) is 0.691. The molecule has 96 valence electrons. The number of rotatable bonds is 1. The Morgan fingerprint density at radius 3 is 2.68 bits per heavy atom. The standard InChI is InChI=1S/C13H8BrNO4/c1-7-2-3-9-8(6-7)15(13(17)19-9)12(16)10-4-5-11(14)18-10/h2-6H,1H3. The molecule has 0 bridgehead atoms. The van der Waals surface area contributed by atoms with Crippen LogP contribution in [0.1, 0.15) is 16.1 Å². The van der Waals surface area contributed by atoms with Crippen LogP contribution in [0, 0.1) is 6.92 Å². The molecule has 19 heavy (non-hydrogen) atoms. The molecule has 0 aliphatic carbocycles. The second-order valence-electron chi connectivity index (χ2n) is 4.08. The van der Waals surface area contributed by atoms with E-state index in [0.29, 0.717) is 15.8 Å². The van der Waals surface area contributed by atoms with Crippen molar-refractivity contribution in [3.8, 4) is 0 Å². The molecule has 0 spiro atoms. The molecule has 5 nitrogen and oxygen atoms in total. The van der Waals surface area contributed by atoms with Crippen molar-refractivity contribution in [1.82, 2.24) is 4.57 Å². The van der Waals surface area contributed by atoms with Gasteiger partial charge in [-0.1, -0.05) is 6.07 Å². The van der Waals surface area contributed by atoms with Crippen molar-refractivity contribution in [3.05, 3.63) is 56.9 Å². The Balaban J connectivity index is 2.24. The Morgan fingerprint density at radius 1 is 1.21 bits per heavy atom. The third-order valence-electron chi connectivity index (χ3n) is 2.72. The van der Waals surface area contributed by atoms with Crippen LogP contribution in [0.2, 0.25) is 0 Å². The van der Waals surface area contributed by atoms with Crippen molar-refractivity contribution >= 4 is 32.9 Å². The largest absolute Gasteiger partial charge is 0.444 e. The van der Waals surface area contributed by atoms with Gasteiger partial charge in [0.1, 0.15) is 0 Å². The highest BCUT2D eigenvalue weighted by molar-refractivity contribution is 9.10. The normalized spacial score (nSPS) is 11.1. The maximum atomic E-state index is 12.3. The van der Waals surface area contributed by atoms with Crippen LogP contribution in [0.3, 0.4) is 0 Å². The second kappa shape index (κ2) is 4.24. The van der Waals surface area contributed by atoms with Gasteiger partial charge in [-0.25, -0.2) is 9.36 Å². The lowest BCUT2D eigenvalue weighted by Gasteiger charge is -1.98. The molecule has 6 heteroatoms. The predicted molar refractivity (Wildman–Crippen MR) is 71.3 cm³/mol. The molecule has 0 fully saturated rings. The molecule has 2 aromatic heterocycles. The number of furan rings is 1. The van der Waals surface area contributed by atoms with E-state index >= 15 is 0 Å². The van der Waals surface area contributed by atoms with E-state index in [9.17, 15) is 9.59 Å². The van der Waals surface area contributed by atoms with Crippen LogP contribution >= 0.6 is 15.9 Å². The summed E-state index contributed by atoms with van der Waals surface area (Å²) in [5.41, 5.74) is 1.73. The van der Waals surface area contributed by atoms with Crippen LogP contribution in [-0.2, 0) is 0 Å². The first-order valence-electron chi connectivity index (χ1n) is 5.48. The minimum Gasteiger partial charge on any atom is -0.444 e. The SMILES string of the molecule is Cc1ccc2oc(=O)n(C(=O)c3ccc(Br)o3)c2c1. The molecule has 0 amide bonds. The monoisotopic (exact) mass is 321 g/mol. The van der Waals surface area contributed by atoms with E-state index in [1.165, 1.54) is 6.07 Å². The Kier molecular flexibility index (Phi) is 2.67. The zero-order valence-corrected chi connectivity index (χ0v) is 11.4. The molecule has 0 N–H and O–H groups in total. The van der Waals surface area contributed by atoms with E-state index in [1.807, 2.05) is 13.0 Å². The van der Waals surface area contributed by atoms with Gasteiger partial charge < -0.3 is 8.83 Å². The predicted octanol–water partition coefficient (Wildman–Crippen LogP) is 2.95. The van der Waals surface area contributed by atoms with E-state index in [1.54, 1.807) is 18.2 Å². The van der Waals surface area contributed by atoms with Crippen LogP contribution in [-0.4, -0.2) is 10.5 Å². The fraction of sp³-hybridized carbons (Fsp3) is 0.0769. The lowest BCUT2D eigenvalue weighted by Crippen LogP contribution is -2.22. The summed E-state index contributed by atoms with van der Waals surface area (Å²) in [6, 6.07) is 8.27. The average molecular weight is 322 g/mol. The smallest absolute Gasteiger partial charge is 0.427 e. The summed E-state index contributed by atoms with van der Waals surface area (Å²) in [7, 11) is 0. The van der Waals surface area contributed by atoms with Gasteiger partial charge in [-0.3, -0.25) is 4.79 Å². The second-order valence-corrected chi connectivity index (χ2v) is 4.87. The molecule has 0 unspecified atom stereocenters. The van der Waals surface area contributed by atoms with Gasteiger partial charge in [0.25, 0.3) is 0 Å². The Labute approximate surface area is 115 Å². The Hall–Kier alpha value is -2.08. The minimum absolute atomic E-state index is 0.0678. The van der Waals surface area contributed by atoms with Gasteiger partial charge in [-0.15, -0.1) is 0 Å². The van der Waals surface area contributed by atoms with Gasteiger partial charge >= 0.3 is 11.7 Å². The molecule has 2 heterocycles. The highest BCUT2D eigenvalue weighted by Crippen LogP contribution is 2.19. The van der Waals surface area contributed by atoms with Gasteiger partial charge in [0.15, 0.2) is 16.0 Å². The fourth-order valence-corrected chi connectivity index (χ4v) is 2.16. The van der Waals surface area contributed by atoms with Crippen LogP contribution in [0.15, 0.2) is 48.6 Å². The summed E-state index contributed by atoms with van der Waals surface area (Å²) in [5.74, 6) is -1.21. The number of hydrogen-bond acceptors (Lipinski definition) is 4. The maximum absolute atomic E-state index is 12.3. The van der Waals surface area contributed by atoms with Gasteiger partial charge in [0.2, 0.25) is 0 Å². The summed E-state index contributed by atoms with van der Waals surface area (Å²) in [5, 5.41) is 0. The highest BCUT2D eigenvalue weighted by atomic mass is 79.9. The van der Waals surface area contributed by atoms with Crippen molar-refractivity contribution < 1.29 is 13.6 Å². The summed E-state index contributed by atoms with van der Waals surface area (Å²) < 4.78 is 11.6. The molecule has 0 aliphatic heterocycles. The van der Waals surface area contributed by atoms with E-state index in [2.05, 4.69) is 15.9 Å². The molecule has 3 rings (SSSR count). The van der Waals surface area contributed by atoms with Crippen LogP contribution < -0.4 is 5.76 Å². The first-order chi connectivity index (χ1) is 9.06. The number of carbonyl (C=O) groups excluding carboxylic acids is 1. The third-order valence-corrected chi connectivity index (χ3v) is 3.15. The van der Waals surface area contributed by atoms with E-state index < -0.39 is 11.7 Å². The number of halogens is 1. The number of aryl methyl sites for hydroxylation is 1. The van der Waals surface area contributed by atoms with Crippen LogP contribution in [0.5, 0.6) is 0 Å². The van der Waals surface area contributed by atoms with Crippen molar-refractivity contribution in [1.29, 1.82) is 0 Å². The number of aromatic nitrogens is 1. The van der Waals surface area contributed by atoms with Crippen LogP contribution in [0.25, 0.3) is 11.1 Å². The maximum Gasteiger partial charge on any atom is 0.427 e. The van der Waals surface area contributed by atoms with Crippen molar-refractivity contribution in [3.63, 3.8) is 0 Å².